The van der Waals surface area contributed by atoms with Crippen molar-refractivity contribution in [2.75, 3.05) is 19.8 Å². The Balaban J connectivity index is 1.64. The number of ether oxygens (including phenoxy) is 4. The fraction of sp³-hybridized carbons (Fsp3) is 0.807. The lowest BCUT2D eigenvalue weighted by Crippen LogP contribution is -2.65. The van der Waals surface area contributed by atoms with Gasteiger partial charge < -0.3 is 65.1 Å². The maximum Gasteiger partial charge on any atom is 0.220 e. The van der Waals surface area contributed by atoms with Gasteiger partial charge in [0.05, 0.1) is 32.0 Å². The van der Waals surface area contributed by atoms with Crippen molar-refractivity contribution >= 4 is 5.91 Å². The van der Waals surface area contributed by atoms with Crippen LogP contribution in [0, 0.1) is 0 Å². The third-order valence-corrected chi connectivity index (χ3v) is 13.5. The Kier molecular flexibility index (Phi) is 39.2. The van der Waals surface area contributed by atoms with Gasteiger partial charge >= 0.3 is 0 Å². The fourth-order valence-electron chi connectivity index (χ4n) is 8.93. The molecule has 0 bridgehead atoms. The van der Waals surface area contributed by atoms with E-state index in [-0.39, 0.29) is 18.9 Å². The van der Waals surface area contributed by atoms with E-state index in [1.54, 1.807) is 6.08 Å². The quantitative estimate of drug-likeness (QED) is 0.0206. The van der Waals surface area contributed by atoms with Crippen LogP contribution in [0.2, 0.25) is 0 Å². The Labute approximate surface area is 428 Å². The minimum absolute atomic E-state index is 0.244. The average Bonchev–Trinajstić information content (AvgIpc) is 3.37. The fourth-order valence-corrected chi connectivity index (χ4v) is 8.93. The van der Waals surface area contributed by atoms with Crippen LogP contribution in [-0.2, 0) is 23.7 Å². The lowest BCUT2D eigenvalue weighted by atomic mass is 9.97. The highest BCUT2D eigenvalue weighted by Crippen LogP contribution is 2.30. The molecule has 2 aliphatic heterocycles. The third kappa shape index (κ3) is 29.4. The zero-order valence-electron chi connectivity index (χ0n) is 43.9. The molecule has 2 saturated heterocycles. The Morgan fingerprint density at radius 3 is 1.49 bits per heavy atom. The van der Waals surface area contributed by atoms with E-state index in [4.69, 9.17) is 18.9 Å². The molecular formula is C57H101NO13. The van der Waals surface area contributed by atoms with Gasteiger partial charge in [0, 0.05) is 6.42 Å². The van der Waals surface area contributed by atoms with Crippen molar-refractivity contribution in [2.24, 2.45) is 0 Å². The molecule has 0 radical (unpaired) electrons. The van der Waals surface area contributed by atoms with Gasteiger partial charge in [-0.3, -0.25) is 4.79 Å². The summed E-state index contributed by atoms with van der Waals surface area (Å²) in [7, 11) is 0. The number of unbranched alkanes of at least 4 members (excludes halogenated alkanes) is 22. The number of carbonyl (C=O) groups is 1. The van der Waals surface area contributed by atoms with Crippen LogP contribution in [0.1, 0.15) is 200 Å². The van der Waals surface area contributed by atoms with Crippen molar-refractivity contribution in [3.8, 4) is 0 Å². The summed E-state index contributed by atoms with van der Waals surface area (Å²) in [5, 5.41) is 86.6. The molecule has 0 saturated carbocycles. The molecule has 2 fully saturated rings. The zero-order chi connectivity index (χ0) is 51.7. The third-order valence-electron chi connectivity index (χ3n) is 13.5. The van der Waals surface area contributed by atoms with Crippen LogP contribution in [0.25, 0.3) is 0 Å². The summed E-state index contributed by atoms with van der Waals surface area (Å²) in [4.78, 5) is 13.2. The van der Waals surface area contributed by atoms with Crippen molar-refractivity contribution < 1.29 is 64.6 Å². The SMILES string of the molecule is CC/C=C\C/C=C\C/C=C\C/C=C\CCCCCCCCCCCCCCCCCCC(=O)NC(COC1OC(CO)C(OC2OC(CO)C(O)C(O)C2O)C(O)C1O)C(O)/C=C/CCCCCCCC. The van der Waals surface area contributed by atoms with Gasteiger partial charge in [-0.15, -0.1) is 0 Å². The molecule has 0 spiro atoms. The first-order valence-electron chi connectivity index (χ1n) is 28.0. The summed E-state index contributed by atoms with van der Waals surface area (Å²) in [6.45, 7) is 2.62. The standard InChI is InChI=1S/C57H101NO13/c1-3-5-7-9-11-13-14-15-16-17-18-19-20-21-22-23-24-25-26-27-28-29-30-31-32-33-35-37-39-41-49(62)58-45(46(61)40-38-36-34-12-10-8-6-4-2)44-68-56-54(67)52(65)55(48(43-60)70-56)71-57-53(66)51(64)50(63)47(42-59)69-57/h5,7,11,13,15-16,18-19,38,40,45-48,50-57,59-61,63-67H,3-4,6,8-10,12,14,17,20-37,39,41-44H2,1-2H3,(H,58,62)/b7-5-,13-11-,16-15-,19-18-,40-38+. The van der Waals surface area contributed by atoms with E-state index in [0.717, 1.165) is 70.6 Å². The van der Waals surface area contributed by atoms with Gasteiger partial charge in [-0.2, -0.15) is 0 Å². The van der Waals surface area contributed by atoms with Crippen LogP contribution in [0.4, 0.5) is 0 Å². The molecule has 12 unspecified atom stereocenters. The van der Waals surface area contributed by atoms with E-state index in [0.29, 0.717) is 6.42 Å². The largest absolute Gasteiger partial charge is 0.394 e. The summed E-state index contributed by atoms with van der Waals surface area (Å²) in [5.74, 6) is -0.244. The molecule has 2 heterocycles. The van der Waals surface area contributed by atoms with Crippen molar-refractivity contribution in [1.29, 1.82) is 0 Å². The van der Waals surface area contributed by atoms with E-state index in [2.05, 4.69) is 67.8 Å². The van der Waals surface area contributed by atoms with E-state index < -0.39 is 86.8 Å². The molecule has 412 valence electrons. The van der Waals surface area contributed by atoms with Crippen molar-refractivity contribution in [3.05, 3.63) is 60.8 Å². The van der Waals surface area contributed by atoms with E-state index in [9.17, 15) is 45.6 Å². The normalized spacial score (nSPS) is 26.2. The molecule has 2 rings (SSSR count). The van der Waals surface area contributed by atoms with Gasteiger partial charge in [0.25, 0.3) is 0 Å². The van der Waals surface area contributed by atoms with Crippen LogP contribution in [-0.4, -0.2) is 140 Å². The monoisotopic (exact) mass is 1010 g/mol. The van der Waals surface area contributed by atoms with E-state index >= 15 is 0 Å². The number of aliphatic hydroxyl groups excluding tert-OH is 8. The maximum absolute atomic E-state index is 13.2. The highest BCUT2D eigenvalue weighted by atomic mass is 16.7. The smallest absolute Gasteiger partial charge is 0.220 e. The van der Waals surface area contributed by atoms with Crippen molar-refractivity contribution in [1.82, 2.24) is 5.32 Å². The number of hydrogen-bond acceptors (Lipinski definition) is 13. The number of hydrogen-bond donors (Lipinski definition) is 9. The maximum atomic E-state index is 13.2. The second-order valence-electron chi connectivity index (χ2n) is 19.7. The Hall–Kier alpha value is -2.31. The molecule has 2 aliphatic rings. The Morgan fingerprint density at radius 1 is 0.521 bits per heavy atom. The molecule has 9 N–H and O–H groups in total. The molecule has 0 aromatic heterocycles. The highest BCUT2D eigenvalue weighted by Gasteiger charge is 2.51. The molecule has 71 heavy (non-hydrogen) atoms. The Bertz CT molecular complexity index is 1420. The lowest BCUT2D eigenvalue weighted by molar-refractivity contribution is -0.359. The molecule has 0 aromatic rings. The number of carbonyl (C=O) groups excluding carboxylic acids is 1. The number of rotatable bonds is 43. The predicted molar refractivity (Wildman–Crippen MR) is 281 cm³/mol. The number of amides is 1. The van der Waals surface area contributed by atoms with Gasteiger partial charge in [0.2, 0.25) is 5.91 Å². The summed E-state index contributed by atoms with van der Waals surface area (Å²) in [5.41, 5.74) is 0. The van der Waals surface area contributed by atoms with E-state index in [1.807, 2.05) is 6.08 Å². The molecule has 1 amide bonds. The molecule has 14 heteroatoms. The first-order valence-corrected chi connectivity index (χ1v) is 28.0. The number of aliphatic hydroxyl groups is 8. The number of nitrogens with one attached hydrogen (secondary N) is 1. The Morgan fingerprint density at radius 2 is 0.972 bits per heavy atom. The average molecular weight is 1010 g/mol. The van der Waals surface area contributed by atoms with Crippen LogP contribution in [0.15, 0.2) is 60.8 Å². The topological polar surface area (TPSA) is 228 Å². The first-order chi connectivity index (χ1) is 34.6. The summed E-state index contributed by atoms with van der Waals surface area (Å²) < 4.78 is 22.7. The molecule has 14 nitrogen and oxygen atoms in total. The summed E-state index contributed by atoms with van der Waals surface area (Å²) in [6.07, 6.45) is 37.3. The van der Waals surface area contributed by atoms with Crippen molar-refractivity contribution in [3.63, 3.8) is 0 Å². The van der Waals surface area contributed by atoms with Gasteiger partial charge in [-0.05, 0) is 57.8 Å². The zero-order valence-corrected chi connectivity index (χ0v) is 43.9. The minimum atomic E-state index is -1.79. The molecule has 0 aromatic carbocycles. The van der Waals surface area contributed by atoms with Gasteiger partial charge in [-0.25, -0.2) is 0 Å². The van der Waals surface area contributed by atoms with Crippen LogP contribution < -0.4 is 5.32 Å². The molecular weight excluding hydrogens is 907 g/mol. The van der Waals surface area contributed by atoms with Crippen LogP contribution >= 0.6 is 0 Å². The summed E-state index contributed by atoms with van der Waals surface area (Å²) >= 11 is 0. The summed E-state index contributed by atoms with van der Waals surface area (Å²) in [6, 6.07) is -0.913. The van der Waals surface area contributed by atoms with Crippen LogP contribution in [0.3, 0.4) is 0 Å². The van der Waals surface area contributed by atoms with Crippen molar-refractivity contribution in [2.45, 2.75) is 274 Å². The second kappa shape index (κ2) is 43.0. The van der Waals surface area contributed by atoms with Crippen LogP contribution in [0.5, 0.6) is 0 Å². The first kappa shape index (κ1) is 64.8. The van der Waals surface area contributed by atoms with Gasteiger partial charge in [0.1, 0.15) is 48.8 Å². The molecule has 0 aliphatic carbocycles. The predicted octanol–water partition coefficient (Wildman–Crippen LogP) is 8.61. The van der Waals surface area contributed by atoms with Gasteiger partial charge in [-0.1, -0.05) is 197 Å². The highest BCUT2D eigenvalue weighted by molar-refractivity contribution is 5.76. The lowest BCUT2D eigenvalue weighted by Gasteiger charge is -2.46. The van der Waals surface area contributed by atoms with Gasteiger partial charge in [0.15, 0.2) is 12.6 Å². The minimum Gasteiger partial charge on any atom is -0.394 e. The second-order valence-corrected chi connectivity index (χ2v) is 19.7. The number of allylic oxidation sites excluding steroid dienone is 9. The van der Waals surface area contributed by atoms with E-state index in [1.165, 1.54) is 103 Å². The molecule has 12 atom stereocenters.